The number of hydrogen-bond donors (Lipinski definition) is 2. The number of carbonyl (C=O) groups excluding carboxylic acids is 1. The lowest BCUT2D eigenvalue weighted by atomic mass is 9.90. The summed E-state index contributed by atoms with van der Waals surface area (Å²) in [7, 11) is 1.31. The zero-order valence-electron chi connectivity index (χ0n) is 10.7. The van der Waals surface area contributed by atoms with Crippen LogP contribution >= 0.6 is 11.3 Å². The maximum absolute atomic E-state index is 11.2. The summed E-state index contributed by atoms with van der Waals surface area (Å²) in [5.74, 6) is -1.34. The van der Waals surface area contributed by atoms with Gasteiger partial charge in [-0.05, 0) is 20.8 Å². The van der Waals surface area contributed by atoms with Gasteiger partial charge in [0.2, 0.25) is 0 Å². The van der Waals surface area contributed by atoms with Crippen molar-refractivity contribution in [3.63, 3.8) is 0 Å². The van der Waals surface area contributed by atoms with Crippen LogP contribution in [0.4, 0.5) is 5.13 Å². The van der Waals surface area contributed by atoms with Crippen LogP contribution < -0.4 is 5.32 Å². The number of aliphatic carboxylic acids is 1. The number of carbonyl (C=O) groups is 2. The lowest BCUT2D eigenvalue weighted by molar-refractivity contribution is -0.143. The highest BCUT2D eigenvalue weighted by Crippen LogP contribution is 2.27. The van der Waals surface area contributed by atoms with E-state index in [1.54, 1.807) is 26.2 Å². The predicted octanol–water partition coefficient (Wildman–Crippen LogP) is 1.48. The number of anilines is 1. The number of nitrogens with one attached hydrogen (secondary N) is 1. The van der Waals surface area contributed by atoms with Crippen LogP contribution in [0.3, 0.4) is 0 Å². The van der Waals surface area contributed by atoms with Crippen LogP contribution in [0.25, 0.3) is 0 Å². The van der Waals surface area contributed by atoms with Gasteiger partial charge in [-0.25, -0.2) is 9.78 Å². The summed E-state index contributed by atoms with van der Waals surface area (Å²) in [6.07, 6.45) is 0. The van der Waals surface area contributed by atoms with Crippen LogP contribution in [0, 0.1) is 0 Å². The second kappa shape index (κ2) is 5.34. The van der Waals surface area contributed by atoms with Crippen molar-refractivity contribution in [1.82, 2.24) is 4.98 Å². The monoisotopic (exact) mass is 272 g/mol. The second-order valence-corrected chi connectivity index (χ2v) is 5.22. The third-order valence-electron chi connectivity index (χ3n) is 2.57. The Morgan fingerprint density at radius 1 is 1.56 bits per heavy atom. The average Bonchev–Trinajstić information content (AvgIpc) is 2.76. The molecule has 1 unspecified atom stereocenters. The average molecular weight is 272 g/mol. The van der Waals surface area contributed by atoms with Crippen LogP contribution in [0.15, 0.2) is 5.38 Å². The van der Waals surface area contributed by atoms with Gasteiger partial charge in [-0.15, -0.1) is 11.3 Å². The number of aromatic nitrogens is 1. The van der Waals surface area contributed by atoms with Crippen molar-refractivity contribution in [3.8, 4) is 0 Å². The van der Waals surface area contributed by atoms with E-state index in [9.17, 15) is 9.59 Å². The number of nitrogens with zero attached hydrogens (tertiary/aromatic N) is 1. The van der Waals surface area contributed by atoms with Crippen molar-refractivity contribution in [2.24, 2.45) is 0 Å². The molecule has 2 N–H and O–H groups in total. The molecule has 0 saturated heterocycles. The first-order chi connectivity index (χ1) is 8.28. The van der Waals surface area contributed by atoms with Crippen molar-refractivity contribution in [2.75, 3.05) is 12.4 Å². The number of rotatable bonds is 5. The molecule has 0 aromatic carbocycles. The van der Waals surface area contributed by atoms with Gasteiger partial charge in [-0.1, -0.05) is 0 Å². The van der Waals surface area contributed by atoms with Crippen molar-refractivity contribution >= 4 is 28.4 Å². The van der Waals surface area contributed by atoms with Crippen LogP contribution in [0.1, 0.15) is 26.5 Å². The lowest BCUT2D eigenvalue weighted by Crippen LogP contribution is -2.29. The number of esters is 1. The number of methoxy groups -OCH3 is 1. The number of hydrogen-bond acceptors (Lipinski definition) is 6. The normalized spacial score (nSPS) is 12.9. The number of carboxylic acid groups (broad SMARTS) is 1. The minimum absolute atomic E-state index is 0.399. The quantitative estimate of drug-likeness (QED) is 0.789. The van der Waals surface area contributed by atoms with E-state index in [0.29, 0.717) is 10.8 Å². The summed E-state index contributed by atoms with van der Waals surface area (Å²) in [5, 5.41) is 14.1. The molecular weight excluding hydrogens is 256 g/mol. The van der Waals surface area contributed by atoms with E-state index in [2.05, 4.69) is 15.0 Å². The molecule has 1 aromatic heterocycles. The molecule has 0 radical (unpaired) electrons. The Morgan fingerprint density at radius 3 is 2.67 bits per heavy atom. The Morgan fingerprint density at radius 2 is 2.17 bits per heavy atom. The van der Waals surface area contributed by atoms with E-state index in [1.165, 1.54) is 18.4 Å². The molecule has 100 valence electrons. The first-order valence-electron chi connectivity index (χ1n) is 5.32. The van der Waals surface area contributed by atoms with Crippen molar-refractivity contribution < 1.29 is 19.4 Å². The smallest absolute Gasteiger partial charge is 0.328 e. The molecule has 7 heteroatoms. The van der Waals surface area contributed by atoms with Crippen LogP contribution in [0.2, 0.25) is 0 Å². The van der Waals surface area contributed by atoms with Crippen molar-refractivity contribution in [1.29, 1.82) is 0 Å². The first kappa shape index (κ1) is 14.4. The van der Waals surface area contributed by atoms with Gasteiger partial charge in [0, 0.05) is 5.38 Å². The molecule has 1 heterocycles. The number of carboxylic acids is 1. The molecule has 0 amide bonds. The van der Waals surface area contributed by atoms with Crippen LogP contribution in [-0.4, -0.2) is 35.2 Å². The zero-order valence-corrected chi connectivity index (χ0v) is 11.5. The maximum Gasteiger partial charge on any atom is 0.328 e. The molecule has 1 rings (SSSR count). The van der Waals surface area contributed by atoms with Gasteiger partial charge in [0.05, 0.1) is 12.8 Å². The van der Waals surface area contributed by atoms with Crippen molar-refractivity contribution in [2.45, 2.75) is 32.2 Å². The molecule has 1 atom stereocenters. The SMILES string of the molecule is COC(=O)C(C)Nc1nc(C(C)(C)C(=O)O)cs1. The summed E-state index contributed by atoms with van der Waals surface area (Å²) >= 11 is 1.26. The third kappa shape index (κ3) is 2.98. The molecule has 0 bridgehead atoms. The van der Waals surface area contributed by atoms with E-state index in [-0.39, 0.29) is 0 Å². The Balaban J connectivity index is 2.82. The molecule has 0 fully saturated rings. The van der Waals surface area contributed by atoms with E-state index in [1.807, 2.05) is 0 Å². The maximum atomic E-state index is 11.2. The number of ether oxygens (including phenoxy) is 1. The van der Waals surface area contributed by atoms with E-state index >= 15 is 0 Å². The predicted molar refractivity (Wildman–Crippen MR) is 67.9 cm³/mol. The van der Waals surface area contributed by atoms with Crippen molar-refractivity contribution in [3.05, 3.63) is 11.1 Å². The summed E-state index contributed by atoms with van der Waals surface area (Å²) in [6, 6.07) is -0.526. The summed E-state index contributed by atoms with van der Waals surface area (Å²) in [4.78, 5) is 26.5. The first-order valence-corrected chi connectivity index (χ1v) is 6.20. The minimum Gasteiger partial charge on any atom is -0.481 e. The molecule has 0 aliphatic rings. The fourth-order valence-electron chi connectivity index (χ4n) is 1.16. The summed E-state index contributed by atoms with van der Waals surface area (Å²) in [6.45, 7) is 4.81. The topological polar surface area (TPSA) is 88.5 Å². The van der Waals surface area contributed by atoms with Crippen LogP contribution in [0.5, 0.6) is 0 Å². The minimum atomic E-state index is -1.05. The fourth-order valence-corrected chi connectivity index (χ4v) is 2.12. The van der Waals surface area contributed by atoms with Crippen LogP contribution in [-0.2, 0) is 19.7 Å². The van der Waals surface area contributed by atoms with Gasteiger partial charge < -0.3 is 15.2 Å². The highest BCUT2D eigenvalue weighted by Gasteiger charge is 2.32. The van der Waals surface area contributed by atoms with E-state index < -0.39 is 23.4 Å². The Bertz CT molecular complexity index is 456. The molecule has 0 saturated carbocycles. The molecule has 0 spiro atoms. The van der Waals surface area contributed by atoms with E-state index in [0.717, 1.165) is 0 Å². The van der Waals surface area contributed by atoms with E-state index in [4.69, 9.17) is 5.11 Å². The van der Waals surface area contributed by atoms with Gasteiger partial charge in [0.15, 0.2) is 5.13 Å². The summed E-state index contributed by atoms with van der Waals surface area (Å²) < 4.78 is 4.58. The fraction of sp³-hybridized carbons (Fsp3) is 0.545. The third-order valence-corrected chi connectivity index (χ3v) is 3.35. The standard InChI is InChI=1S/C11H16N2O4S/c1-6(8(14)17-4)12-10-13-7(5-18-10)11(2,3)9(15)16/h5-6H,1-4H3,(H,12,13)(H,15,16). The molecule has 0 aliphatic heterocycles. The largest absolute Gasteiger partial charge is 0.481 e. The van der Waals surface area contributed by atoms with Gasteiger partial charge in [0.25, 0.3) is 0 Å². The molecule has 18 heavy (non-hydrogen) atoms. The second-order valence-electron chi connectivity index (χ2n) is 4.36. The highest BCUT2D eigenvalue weighted by atomic mass is 32.1. The molecule has 0 aliphatic carbocycles. The molecular formula is C11H16N2O4S. The van der Waals surface area contributed by atoms with Gasteiger partial charge in [-0.3, -0.25) is 4.79 Å². The number of thiazole rings is 1. The highest BCUT2D eigenvalue weighted by molar-refractivity contribution is 7.13. The molecule has 1 aromatic rings. The summed E-state index contributed by atoms with van der Waals surface area (Å²) in [5.41, 5.74) is -0.593. The van der Waals surface area contributed by atoms with Gasteiger partial charge in [-0.2, -0.15) is 0 Å². The Labute approximate surface area is 109 Å². The Kier molecular flexibility index (Phi) is 4.28. The van der Waals surface area contributed by atoms with Gasteiger partial charge in [0.1, 0.15) is 11.5 Å². The van der Waals surface area contributed by atoms with Gasteiger partial charge >= 0.3 is 11.9 Å². The Hall–Kier alpha value is -1.63. The lowest BCUT2D eigenvalue weighted by Gasteiger charge is -2.16. The zero-order chi connectivity index (χ0) is 13.9. The molecule has 6 nitrogen and oxygen atoms in total.